The monoisotopic (exact) mass is 333 g/mol. The molecule has 1 aromatic heterocycles. The molecule has 0 saturated heterocycles. The quantitative estimate of drug-likeness (QED) is 0.676. The minimum atomic E-state index is -3.42. The Morgan fingerprint density at radius 3 is 2.62 bits per heavy atom. The van der Waals surface area contributed by atoms with E-state index < -0.39 is 10.0 Å². The molecule has 0 radical (unpaired) electrons. The molecule has 1 rings (SSSR count). The molecule has 0 saturated carbocycles. The highest BCUT2D eigenvalue weighted by Gasteiger charge is 2.22. The summed E-state index contributed by atoms with van der Waals surface area (Å²) in [6, 6.07) is 0.475. The average molecular weight is 334 g/mol. The van der Waals surface area contributed by atoms with E-state index in [2.05, 4.69) is 28.8 Å². The summed E-state index contributed by atoms with van der Waals surface area (Å²) in [4.78, 5) is 3.51. The largest absolute Gasteiger partial charge is 0.315 e. The average Bonchev–Trinajstić information content (AvgIpc) is 2.76. The highest BCUT2D eigenvalue weighted by molar-refractivity contribution is 7.89. The Morgan fingerprint density at radius 2 is 2.05 bits per heavy atom. The molecule has 0 unspecified atom stereocenters. The van der Waals surface area contributed by atoms with Gasteiger partial charge in [-0.15, -0.1) is 11.3 Å². The molecule has 0 aliphatic rings. The van der Waals surface area contributed by atoms with Crippen LogP contribution in [0.5, 0.6) is 0 Å². The first kappa shape index (κ1) is 18.6. The van der Waals surface area contributed by atoms with Gasteiger partial charge in [-0.25, -0.2) is 13.1 Å². The summed E-state index contributed by atoms with van der Waals surface area (Å²) in [6.45, 7) is 8.02. The summed E-state index contributed by atoms with van der Waals surface area (Å²) < 4.78 is 27.6. The van der Waals surface area contributed by atoms with Crippen molar-refractivity contribution < 1.29 is 8.42 Å². The predicted molar refractivity (Wildman–Crippen MR) is 89.4 cm³/mol. The standard InChI is InChI=1S/C14H27N3O2S2/c1-11(2)17(5)8-6-7-16-21(18,19)14-12(3)10-20-13(14)9-15-4/h10-11,15-16H,6-9H2,1-5H3. The van der Waals surface area contributed by atoms with Crippen LogP contribution in [-0.2, 0) is 16.6 Å². The predicted octanol–water partition coefficient (Wildman–Crippen LogP) is 1.78. The number of aryl methyl sites for hydroxylation is 1. The lowest BCUT2D eigenvalue weighted by atomic mass is 10.3. The fraction of sp³-hybridized carbons (Fsp3) is 0.714. The second kappa shape index (κ2) is 8.24. The molecule has 0 aliphatic carbocycles. The third-order valence-electron chi connectivity index (χ3n) is 3.46. The molecule has 0 aromatic carbocycles. The van der Waals surface area contributed by atoms with Gasteiger partial charge in [0.2, 0.25) is 10.0 Å². The van der Waals surface area contributed by atoms with Crippen molar-refractivity contribution in [3.05, 3.63) is 15.8 Å². The molecule has 1 heterocycles. The van der Waals surface area contributed by atoms with Gasteiger partial charge in [0.1, 0.15) is 4.90 Å². The third-order valence-corrected chi connectivity index (χ3v) is 6.38. The van der Waals surface area contributed by atoms with Gasteiger partial charge in [0, 0.05) is 24.0 Å². The van der Waals surface area contributed by atoms with Gasteiger partial charge in [0.25, 0.3) is 0 Å². The lowest BCUT2D eigenvalue weighted by Crippen LogP contribution is -2.31. The van der Waals surface area contributed by atoms with Crippen LogP contribution in [0.1, 0.15) is 30.7 Å². The van der Waals surface area contributed by atoms with Gasteiger partial charge < -0.3 is 10.2 Å². The Balaban J connectivity index is 2.64. The molecule has 0 amide bonds. The van der Waals surface area contributed by atoms with E-state index in [0.29, 0.717) is 24.0 Å². The van der Waals surface area contributed by atoms with Gasteiger partial charge in [-0.3, -0.25) is 0 Å². The van der Waals surface area contributed by atoms with Crippen molar-refractivity contribution >= 4 is 21.4 Å². The van der Waals surface area contributed by atoms with Crippen molar-refractivity contribution in [2.45, 2.75) is 44.7 Å². The van der Waals surface area contributed by atoms with E-state index in [9.17, 15) is 8.42 Å². The van der Waals surface area contributed by atoms with E-state index in [0.717, 1.165) is 23.4 Å². The van der Waals surface area contributed by atoms with Crippen LogP contribution in [-0.4, -0.2) is 46.5 Å². The zero-order chi connectivity index (χ0) is 16.0. The van der Waals surface area contributed by atoms with Crippen LogP contribution in [0.2, 0.25) is 0 Å². The third kappa shape index (κ3) is 5.34. The summed E-state index contributed by atoms with van der Waals surface area (Å²) in [5.74, 6) is 0. The SMILES string of the molecule is CNCc1scc(C)c1S(=O)(=O)NCCCN(C)C(C)C. The molecule has 0 spiro atoms. The van der Waals surface area contributed by atoms with Crippen LogP contribution in [0.15, 0.2) is 10.3 Å². The molecular weight excluding hydrogens is 306 g/mol. The maximum Gasteiger partial charge on any atom is 0.241 e. The lowest BCUT2D eigenvalue weighted by Gasteiger charge is -2.20. The number of nitrogens with one attached hydrogen (secondary N) is 2. The molecule has 0 atom stereocenters. The molecule has 0 bridgehead atoms. The van der Waals surface area contributed by atoms with Crippen LogP contribution < -0.4 is 10.0 Å². The Kier molecular flexibility index (Phi) is 7.29. The van der Waals surface area contributed by atoms with Crippen molar-refractivity contribution in [2.24, 2.45) is 0 Å². The zero-order valence-corrected chi connectivity index (χ0v) is 15.2. The van der Waals surface area contributed by atoms with E-state index >= 15 is 0 Å². The summed E-state index contributed by atoms with van der Waals surface area (Å²) in [5.41, 5.74) is 0.817. The van der Waals surface area contributed by atoms with Crippen molar-refractivity contribution in [1.29, 1.82) is 0 Å². The highest BCUT2D eigenvalue weighted by atomic mass is 32.2. The smallest absolute Gasteiger partial charge is 0.241 e. The Labute approximate surface area is 132 Å². The number of hydrogen-bond acceptors (Lipinski definition) is 5. The van der Waals surface area contributed by atoms with E-state index in [1.165, 1.54) is 11.3 Å². The van der Waals surface area contributed by atoms with Crippen molar-refractivity contribution in [2.75, 3.05) is 27.2 Å². The molecule has 0 aliphatic heterocycles. The molecule has 122 valence electrons. The van der Waals surface area contributed by atoms with Gasteiger partial charge in [-0.05, 0) is 58.8 Å². The van der Waals surface area contributed by atoms with E-state index in [1.807, 2.05) is 26.4 Å². The van der Waals surface area contributed by atoms with Crippen LogP contribution in [0.25, 0.3) is 0 Å². The second-order valence-electron chi connectivity index (χ2n) is 5.53. The maximum absolute atomic E-state index is 12.4. The normalized spacial score (nSPS) is 12.5. The first-order chi connectivity index (χ1) is 9.79. The van der Waals surface area contributed by atoms with Crippen molar-refractivity contribution in [3.8, 4) is 0 Å². The number of hydrogen-bond donors (Lipinski definition) is 2. The maximum atomic E-state index is 12.4. The lowest BCUT2D eigenvalue weighted by molar-refractivity contribution is 0.271. The number of rotatable bonds is 9. The van der Waals surface area contributed by atoms with Crippen LogP contribution in [0, 0.1) is 6.92 Å². The highest BCUT2D eigenvalue weighted by Crippen LogP contribution is 2.26. The van der Waals surface area contributed by atoms with Gasteiger partial charge in [0.15, 0.2) is 0 Å². The molecule has 1 aromatic rings. The first-order valence-corrected chi connectivity index (χ1v) is 9.57. The van der Waals surface area contributed by atoms with E-state index in [-0.39, 0.29) is 0 Å². The number of nitrogens with zero attached hydrogens (tertiary/aromatic N) is 1. The number of sulfonamides is 1. The molecule has 2 N–H and O–H groups in total. The minimum Gasteiger partial charge on any atom is -0.315 e. The fourth-order valence-corrected chi connectivity index (χ4v) is 4.89. The topological polar surface area (TPSA) is 61.4 Å². The number of thiophene rings is 1. The van der Waals surface area contributed by atoms with Crippen molar-refractivity contribution in [1.82, 2.24) is 14.9 Å². The van der Waals surface area contributed by atoms with Gasteiger partial charge in [-0.1, -0.05) is 0 Å². The van der Waals surface area contributed by atoms with Gasteiger partial charge in [0.05, 0.1) is 0 Å². The minimum absolute atomic E-state index is 0.444. The summed E-state index contributed by atoms with van der Waals surface area (Å²) in [5, 5.41) is 4.91. The molecule has 5 nitrogen and oxygen atoms in total. The molecule has 7 heteroatoms. The van der Waals surface area contributed by atoms with Gasteiger partial charge in [-0.2, -0.15) is 0 Å². The Hall–Kier alpha value is -0.470. The van der Waals surface area contributed by atoms with Crippen LogP contribution in [0.3, 0.4) is 0 Å². The van der Waals surface area contributed by atoms with E-state index in [4.69, 9.17) is 0 Å². The van der Waals surface area contributed by atoms with Gasteiger partial charge >= 0.3 is 0 Å². The fourth-order valence-electron chi connectivity index (χ4n) is 2.00. The van der Waals surface area contributed by atoms with Crippen LogP contribution in [0.4, 0.5) is 0 Å². The second-order valence-corrected chi connectivity index (χ2v) is 8.20. The Morgan fingerprint density at radius 1 is 1.38 bits per heavy atom. The first-order valence-electron chi connectivity index (χ1n) is 7.21. The molecule has 21 heavy (non-hydrogen) atoms. The summed E-state index contributed by atoms with van der Waals surface area (Å²) in [7, 11) is 0.452. The molecular formula is C14H27N3O2S2. The summed E-state index contributed by atoms with van der Waals surface area (Å²) in [6.07, 6.45) is 0.804. The Bertz CT molecular complexity index is 538. The van der Waals surface area contributed by atoms with Crippen molar-refractivity contribution in [3.63, 3.8) is 0 Å². The van der Waals surface area contributed by atoms with Crippen LogP contribution >= 0.6 is 11.3 Å². The summed E-state index contributed by atoms with van der Waals surface area (Å²) >= 11 is 1.49. The van der Waals surface area contributed by atoms with E-state index in [1.54, 1.807) is 0 Å². The zero-order valence-electron chi connectivity index (χ0n) is 13.6. The molecule has 0 fully saturated rings.